The molecule has 2 N–H and O–H groups in total. The maximum absolute atomic E-state index is 11.5. The third-order valence-corrected chi connectivity index (χ3v) is 4.13. The molecule has 0 bridgehead atoms. The van der Waals surface area contributed by atoms with Gasteiger partial charge in [0.05, 0.1) is 5.69 Å². The molecule has 2 aromatic heterocycles. The number of anilines is 1. The Bertz CT molecular complexity index is 695. The van der Waals surface area contributed by atoms with Crippen LogP contribution in [0.1, 0.15) is 45.7 Å². The van der Waals surface area contributed by atoms with Gasteiger partial charge in [-0.2, -0.15) is 5.10 Å². The van der Waals surface area contributed by atoms with Gasteiger partial charge >= 0.3 is 5.97 Å². The largest absolute Gasteiger partial charge is 0.480 e. The molecule has 0 amide bonds. The molecule has 2 aromatic rings. The van der Waals surface area contributed by atoms with Gasteiger partial charge in [0.25, 0.3) is 0 Å². The molecule has 1 aliphatic rings. The molecular formula is C15H20N4O2. The Hall–Kier alpha value is -2.11. The van der Waals surface area contributed by atoms with Crippen molar-refractivity contribution in [2.45, 2.75) is 51.0 Å². The second-order valence-electron chi connectivity index (χ2n) is 6.75. The van der Waals surface area contributed by atoms with Crippen molar-refractivity contribution in [1.29, 1.82) is 0 Å². The van der Waals surface area contributed by atoms with E-state index < -0.39 is 11.5 Å². The smallest absolute Gasteiger partial charge is 0.329 e. The summed E-state index contributed by atoms with van der Waals surface area (Å²) >= 11 is 0. The molecule has 1 saturated carbocycles. The van der Waals surface area contributed by atoms with Gasteiger partial charge in [-0.15, -0.1) is 0 Å². The highest BCUT2D eigenvalue weighted by Gasteiger charge is 2.45. The zero-order valence-electron chi connectivity index (χ0n) is 12.6. The second-order valence-corrected chi connectivity index (χ2v) is 6.75. The molecular weight excluding hydrogens is 268 g/mol. The molecule has 0 spiro atoms. The van der Waals surface area contributed by atoms with Crippen molar-refractivity contribution in [2.24, 2.45) is 0 Å². The van der Waals surface area contributed by atoms with Gasteiger partial charge in [0, 0.05) is 17.8 Å². The SMILES string of the molecule is CC(C)(C)c1cc2c(NC3(C(=O)O)CCC3)nccn2n1. The monoisotopic (exact) mass is 288 g/mol. The fraction of sp³-hybridized carbons (Fsp3) is 0.533. The minimum absolute atomic E-state index is 0.0652. The molecule has 2 heterocycles. The lowest BCUT2D eigenvalue weighted by Gasteiger charge is -2.38. The van der Waals surface area contributed by atoms with Crippen LogP contribution < -0.4 is 5.32 Å². The van der Waals surface area contributed by atoms with E-state index in [9.17, 15) is 9.90 Å². The molecule has 1 aliphatic carbocycles. The number of hydrogen-bond acceptors (Lipinski definition) is 4. The van der Waals surface area contributed by atoms with Crippen LogP contribution in [0.15, 0.2) is 18.5 Å². The Morgan fingerprint density at radius 2 is 2.14 bits per heavy atom. The van der Waals surface area contributed by atoms with E-state index in [1.54, 1.807) is 16.9 Å². The van der Waals surface area contributed by atoms with Crippen LogP contribution in [0, 0.1) is 0 Å². The highest BCUT2D eigenvalue weighted by atomic mass is 16.4. The van der Waals surface area contributed by atoms with E-state index in [0.29, 0.717) is 18.7 Å². The van der Waals surface area contributed by atoms with Crippen LogP contribution in [-0.4, -0.2) is 31.2 Å². The van der Waals surface area contributed by atoms with Crippen LogP contribution in [-0.2, 0) is 10.2 Å². The summed E-state index contributed by atoms with van der Waals surface area (Å²) in [5.41, 5.74) is 0.831. The summed E-state index contributed by atoms with van der Waals surface area (Å²) < 4.78 is 1.75. The van der Waals surface area contributed by atoms with Crippen molar-refractivity contribution >= 4 is 17.3 Å². The summed E-state index contributed by atoms with van der Waals surface area (Å²) in [6.45, 7) is 6.29. The molecule has 0 atom stereocenters. The minimum atomic E-state index is -0.874. The van der Waals surface area contributed by atoms with Crippen LogP contribution >= 0.6 is 0 Å². The molecule has 0 saturated heterocycles. The third kappa shape index (κ3) is 2.24. The number of carboxylic acids is 1. The number of hydrogen-bond donors (Lipinski definition) is 2. The quantitative estimate of drug-likeness (QED) is 0.907. The normalized spacial score (nSPS) is 17.5. The summed E-state index contributed by atoms with van der Waals surface area (Å²) in [6.07, 6.45) is 5.61. The van der Waals surface area contributed by atoms with Gasteiger partial charge in [0.1, 0.15) is 11.1 Å². The molecule has 0 aliphatic heterocycles. The van der Waals surface area contributed by atoms with Gasteiger partial charge in [-0.25, -0.2) is 14.3 Å². The number of carbonyl (C=O) groups is 1. The highest BCUT2D eigenvalue weighted by Crippen LogP contribution is 2.36. The van der Waals surface area contributed by atoms with Crippen LogP contribution in [0.5, 0.6) is 0 Å². The first-order valence-electron chi connectivity index (χ1n) is 7.18. The van der Waals surface area contributed by atoms with Crippen molar-refractivity contribution in [3.63, 3.8) is 0 Å². The maximum atomic E-state index is 11.5. The lowest BCUT2D eigenvalue weighted by molar-refractivity contribution is -0.145. The summed E-state index contributed by atoms with van der Waals surface area (Å²) in [6, 6.07) is 1.98. The number of nitrogens with one attached hydrogen (secondary N) is 1. The van der Waals surface area contributed by atoms with Crippen molar-refractivity contribution < 1.29 is 9.90 Å². The van der Waals surface area contributed by atoms with Gasteiger partial charge in [0.15, 0.2) is 5.82 Å². The van der Waals surface area contributed by atoms with Crippen molar-refractivity contribution in [3.05, 3.63) is 24.2 Å². The van der Waals surface area contributed by atoms with Gasteiger partial charge in [-0.05, 0) is 25.3 Å². The van der Waals surface area contributed by atoms with E-state index >= 15 is 0 Å². The first-order chi connectivity index (χ1) is 9.82. The number of carboxylic acid groups (broad SMARTS) is 1. The zero-order valence-corrected chi connectivity index (χ0v) is 12.6. The number of aliphatic carboxylic acids is 1. The summed E-state index contributed by atoms with van der Waals surface area (Å²) in [7, 11) is 0. The first-order valence-corrected chi connectivity index (χ1v) is 7.18. The first kappa shape index (κ1) is 13.9. The molecule has 21 heavy (non-hydrogen) atoms. The lowest BCUT2D eigenvalue weighted by atomic mass is 9.77. The Kier molecular flexibility index (Phi) is 2.93. The average molecular weight is 288 g/mol. The van der Waals surface area contributed by atoms with E-state index in [1.165, 1.54) is 0 Å². The van der Waals surface area contributed by atoms with Crippen molar-refractivity contribution in [2.75, 3.05) is 5.32 Å². The standard InChI is InChI=1S/C15H20N4O2/c1-14(2,3)11-9-10-12(16-7-8-19(10)18-11)17-15(13(20)21)5-4-6-15/h7-9H,4-6H2,1-3H3,(H,16,17)(H,20,21). The van der Waals surface area contributed by atoms with E-state index in [1.807, 2.05) is 6.07 Å². The molecule has 6 heteroatoms. The highest BCUT2D eigenvalue weighted by molar-refractivity contribution is 5.85. The Morgan fingerprint density at radius 3 is 2.67 bits per heavy atom. The van der Waals surface area contributed by atoms with Gasteiger partial charge < -0.3 is 10.4 Å². The van der Waals surface area contributed by atoms with Gasteiger partial charge in [0.2, 0.25) is 0 Å². The molecule has 0 unspecified atom stereocenters. The zero-order chi connectivity index (χ0) is 15.3. The topological polar surface area (TPSA) is 79.5 Å². The summed E-state index contributed by atoms with van der Waals surface area (Å²) in [5.74, 6) is -0.226. The Morgan fingerprint density at radius 1 is 1.43 bits per heavy atom. The molecule has 1 fully saturated rings. The minimum Gasteiger partial charge on any atom is -0.480 e. The van der Waals surface area contributed by atoms with E-state index in [2.05, 4.69) is 36.2 Å². The van der Waals surface area contributed by atoms with Crippen molar-refractivity contribution in [3.8, 4) is 0 Å². The fourth-order valence-corrected chi connectivity index (χ4v) is 2.53. The van der Waals surface area contributed by atoms with E-state index in [-0.39, 0.29) is 5.41 Å². The number of aromatic nitrogens is 3. The van der Waals surface area contributed by atoms with Gasteiger partial charge in [-0.3, -0.25) is 0 Å². The van der Waals surface area contributed by atoms with Crippen LogP contribution in [0.3, 0.4) is 0 Å². The van der Waals surface area contributed by atoms with Crippen LogP contribution in [0.2, 0.25) is 0 Å². The number of fused-ring (bicyclic) bond motifs is 1. The summed E-state index contributed by atoms with van der Waals surface area (Å²) in [5, 5.41) is 17.1. The Balaban J connectivity index is 2.03. The molecule has 3 rings (SSSR count). The molecule has 6 nitrogen and oxygen atoms in total. The molecule has 0 aromatic carbocycles. The maximum Gasteiger partial charge on any atom is 0.329 e. The Labute approximate surface area is 123 Å². The van der Waals surface area contributed by atoms with Crippen LogP contribution in [0.4, 0.5) is 5.82 Å². The number of rotatable bonds is 3. The number of nitrogens with zero attached hydrogens (tertiary/aromatic N) is 3. The lowest BCUT2D eigenvalue weighted by Crippen LogP contribution is -2.52. The van der Waals surface area contributed by atoms with Gasteiger partial charge in [-0.1, -0.05) is 20.8 Å². The molecule has 0 radical (unpaired) electrons. The van der Waals surface area contributed by atoms with E-state index in [4.69, 9.17) is 0 Å². The molecule has 112 valence electrons. The fourth-order valence-electron chi connectivity index (χ4n) is 2.53. The summed E-state index contributed by atoms with van der Waals surface area (Å²) in [4.78, 5) is 15.8. The van der Waals surface area contributed by atoms with Crippen molar-refractivity contribution in [1.82, 2.24) is 14.6 Å². The predicted molar refractivity (Wildman–Crippen MR) is 79.5 cm³/mol. The third-order valence-electron chi connectivity index (χ3n) is 4.13. The average Bonchev–Trinajstić information content (AvgIpc) is 2.77. The second kappa shape index (κ2) is 4.44. The predicted octanol–water partition coefficient (Wildman–Crippen LogP) is 2.45. The van der Waals surface area contributed by atoms with Crippen LogP contribution in [0.25, 0.3) is 5.52 Å². The van der Waals surface area contributed by atoms with E-state index in [0.717, 1.165) is 17.6 Å².